The summed E-state index contributed by atoms with van der Waals surface area (Å²) in [5.74, 6) is -0.213. The molecule has 2 rings (SSSR count). The molecule has 1 heterocycles. The van der Waals surface area contributed by atoms with Gasteiger partial charge in [-0.15, -0.1) is 13.2 Å². The van der Waals surface area contributed by atoms with Gasteiger partial charge in [0.05, 0.1) is 6.10 Å². The number of β-amino-alcohol motifs (C(OH)–C–C–N with tert-alkyl or cyclic N) is 1. The van der Waals surface area contributed by atoms with Gasteiger partial charge in [0.2, 0.25) is 0 Å². The smallest absolute Gasteiger partial charge is 0.406 e. The molecule has 1 aromatic carbocycles. The summed E-state index contributed by atoms with van der Waals surface area (Å²) in [7, 11) is 0. The van der Waals surface area contributed by atoms with E-state index in [9.17, 15) is 18.3 Å². The Morgan fingerprint density at radius 3 is 2.53 bits per heavy atom. The molecule has 3 nitrogen and oxygen atoms in total. The third-order valence-electron chi connectivity index (χ3n) is 3.04. The van der Waals surface area contributed by atoms with Crippen molar-refractivity contribution in [3.8, 4) is 5.75 Å². The van der Waals surface area contributed by atoms with Crippen molar-refractivity contribution in [2.24, 2.45) is 0 Å². The second kappa shape index (κ2) is 5.79. The van der Waals surface area contributed by atoms with Gasteiger partial charge in [-0.1, -0.05) is 12.1 Å². The van der Waals surface area contributed by atoms with Gasteiger partial charge in [-0.2, -0.15) is 0 Å². The van der Waals surface area contributed by atoms with E-state index in [-0.39, 0.29) is 11.9 Å². The van der Waals surface area contributed by atoms with Gasteiger partial charge >= 0.3 is 6.36 Å². The van der Waals surface area contributed by atoms with E-state index in [0.29, 0.717) is 13.1 Å². The Morgan fingerprint density at radius 2 is 1.95 bits per heavy atom. The normalized spacial score (nSPS) is 21.4. The second-order valence-corrected chi connectivity index (χ2v) is 4.72. The van der Waals surface area contributed by atoms with Crippen LogP contribution in [0.4, 0.5) is 13.2 Å². The van der Waals surface area contributed by atoms with Gasteiger partial charge in [0, 0.05) is 13.1 Å². The summed E-state index contributed by atoms with van der Waals surface area (Å²) in [6.07, 6.45) is -3.20. The Bertz CT molecular complexity index is 405. The number of hydrogen-bond acceptors (Lipinski definition) is 3. The van der Waals surface area contributed by atoms with E-state index in [1.165, 1.54) is 12.1 Å². The van der Waals surface area contributed by atoms with Crippen LogP contribution in [0.3, 0.4) is 0 Å². The van der Waals surface area contributed by atoms with Crippen LogP contribution in [0.25, 0.3) is 0 Å². The van der Waals surface area contributed by atoms with Gasteiger partial charge in [0.15, 0.2) is 0 Å². The predicted molar refractivity (Wildman–Crippen MR) is 63.6 cm³/mol. The van der Waals surface area contributed by atoms with Crippen LogP contribution >= 0.6 is 0 Å². The highest BCUT2D eigenvalue weighted by Gasteiger charge is 2.31. The summed E-state index contributed by atoms with van der Waals surface area (Å²) >= 11 is 0. The van der Waals surface area contributed by atoms with Crippen molar-refractivity contribution < 1.29 is 23.0 Å². The first-order valence-electron chi connectivity index (χ1n) is 6.17. The zero-order valence-electron chi connectivity index (χ0n) is 10.4. The van der Waals surface area contributed by atoms with Crippen LogP contribution in [-0.2, 0) is 6.54 Å². The van der Waals surface area contributed by atoms with Crippen LogP contribution in [0, 0.1) is 0 Å². The van der Waals surface area contributed by atoms with Gasteiger partial charge in [-0.25, -0.2) is 0 Å². The Balaban J connectivity index is 1.91. The average Bonchev–Trinajstić information content (AvgIpc) is 2.30. The van der Waals surface area contributed by atoms with E-state index in [0.717, 1.165) is 24.9 Å². The number of likely N-dealkylation sites (tertiary alicyclic amines) is 1. The standard InChI is InChI=1S/C13H16F3NO2/c14-13(15,16)19-12-5-3-10(4-6-12)8-17-7-1-2-11(18)9-17/h3-6,11,18H,1-2,7-9H2/t11-/m1/s1. The van der Waals surface area contributed by atoms with E-state index in [1.54, 1.807) is 12.1 Å². The van der Waals surface area contributed by atoms with Crippen molar-refractivity contribution in [3.05, 3.63) is 29.8 Å². The lowest BCUT2D eigenvalue weighted by molar-refractivity contribution is -0.274. The number of aliphatic hydroxyl groups excluding tert-OH is 1. The van der Waals surface area contributed by atoms with E-state index in [1.807, 2.05) is 0 Å². The third-order valence-corrected chi connectivity index (χ3v) is 3.04. The zero-order chi connectivity index (χ0) is 13.9. The molecule has 0 spiro atoms. The lowest BCUT2D eigenvalue weighted by Crippen LogP contribution is -2.37. The van der Waals surface area contributed by atoms with Crippen molar-refractivity contribution in [1.29, 1.82) is 0 Å². The molecular weight excluding hydrogens is 259 g/mol. The first-order chi connectivity index (χ1) is 8.92. The first kappa shape index (κ1) is 14.1. The van der Waals surface area contributed by atoms with Crippen LogP contribution in [0.15, 0.2) is 24.3 Å². The van der Waals surface area contributed by atoms with E-state index in [2.05, 4.69) is 9.64 Å². The molecular formula is C13H16F3NO2. The zero-order valence-corrected chi connectivity index (χ0v) is 10.4. The minimum atomic E-state index is -4.65. The molecule has 0 aromatic heterocycles. The molecule has 1 N–H and O–H groups in total. The molecule has 6 heteroatoms. The Morgan fingerprint density at radius 1 is 1.26 bits per heavy atom. The molecule has 0 aliphatic carbocycles. The van der Waals surface area contributed by atoms with Crippen molar-refractivity contribution in [2.75, 3.05) is 13.1 Å². The Labute approximate surface area is 109 Å². The topological polar surface area (TPSA) is 32.7 Å². The number of halogens is 3. The highest BCUT2D eigenvalue weighted by molar-refractivity contribution is 5.27. The SMILES string of the molecule is O[C@@H]1CCCN(Cc2ccc(OC(F)(F)F)cc2)C1. The molecule has 1 aliphatic rings. The fraction of sp³-hybridized carbons (Fsp3) is 0.538. The second-order valence-electron chi connectivity index (χ2n) is 4.72. The molecule has 0 radical (unpaired) electrons. The highest BCUT2D eigenvalue weighted by atomic mass is 19.4. The van der Waals surface area contributed by atoms with Crippen molar-refractivity contribution in [3.63, 3.8) is 0 Å². The third kappa shape index (κ3) is 4.72. The summed E-state index contributed by atoms with van der Waals surface area (Å²) in [6, 6.07) is 5.84. The maximum absolute atomic E-state index is 12.0. The summed E-state index contributed by atoms with van der Waals surface area (Å²) in [5, 5.41) is 9.54. The van der Waals surface area contributed by atoms with Crippen molar-refractivity contribution in [2.45, 2.75) is 31.9 Å². The van der Waals surface area contributed by atoms with Gasteiger partial charge in [0.25, 0.3) is 0 Å². The number of alkyl halides is 3. The minimum absolute atomic E-state index is 0.213. The monoisotopic (exact) mass is 275 g/mol. The molecule has 0 amide bonds. The molecule has 1 saturated heterocycles. The summed E-state index contributed by atoms with van der Waals surface area (Å²) in [4.78, 5) is 2.09. The maximum atomic E-state index is 12.0. The molecule has 19 heavy (non-hydrogen) atoms. The molecule has 0 unspecified atom stereocenters. The maximum Gasteiger partial charge on any atom is 0.573 e. The van der Waals surface area contributed by atoms with E-state index in [4.69, 9.17) is 0 Å². The lowest BCUT2D eigenvalue weighted by atomic mass is 10.1. The Kier molecular flexibility index (Phi) is 4.31. The van der Waals surface area contributed by atoms with Crippen LogP contribution < -0.4 is 4.74 Å². The van der Waals surface area contributed by atoms with E-state index < -0.39 is 6.36 Å². The average molecular weight is 275 g/mol. The number of piperidine rings is 1. The molecule has 1 aliphatic heterocycles. The number of nitrogens with zero attached hydrogens (tertiary/aromatic N) is 1. The van der Waals surface area contributed by atoms with Crippen LogP contribution in [-0.4, -0.2) is 35.6 Å². The van der Waals surface area contributed by atoms with Crippen molar-refractivity contribution >= 4 is 0 Å². The van der Waals surface area contributed by atoms with Gasteiger partial charge in [-0.05, 0) is 37.1 Å². The van der Waals surface area contributed by atoms with Gasteiger partial charge < -0.3 is 9.84 Å². The summed E-state index contributed by atoms with van der Waals surface area (Å²) in [6.45, 7) is 2.14. The van der Waals surface area contributed by atoms with Crippen LogP contribution in [0.5, 0.6) is 5.75 Å². The van der Waals surface area contributed by atoms with Gasteiger partial charge in [0.1, 0.15) is 5.75 Å². The largest absolute Gasteiger partial charge is 0.573 e. The first-order valence-corrected chi connectivity index (χ1v) is 6.17. The predicted octanol–water partition coefficient (Wildman–Crippen LogP) is 2.54. The number of aliphatic hydroxyl groups is 1. The summed E-state index contributed by atoms with van der Waals surface area (Å²) < 4.78 is 39.8. The molecule has 0 saturated carbocycles. The van der Waals surface area contributed by atoms with Crippen molar-refractivity contribution in [1.82, 2.24) is 4.90 Å². The van der Waals surface area contributed by atoms with Crippen LogP contribution in [0.1, 0.15) is 18.4 Å². The highest BCUT2D eigenvalue weighted by Crippen LogP contribution is 2.23. The molecule has 1 aromatic rings. The number of ether oxygens (including phenoxy) is 1. The fourth-order valence-corrected chi connectivity index (χ4v) is 2.23. The van der Waals surface area contributed by atoms with E-state index >= 15 is 0 Å². The molecule has 1 atom stereocenters. The number of rotatable bonds is 3. The molecule has 1 fully saturated rings. The minimum Gasteiger partial charge on any atom is -0.406 e. The molecule has 0 bridgehead atoms. The summed E-state index contributed by atoms with van der Waals surface area (Å²) in [5.41, 5.74) is 0.906. The fourth-order valence-electron chi connectivity index (χ4n) is 2.23. The molecule has 106 valence electrons. The van der Waals surface area contributed by atoms with Crippen LogP contribution in [0.2, 0.25) is 0 Å². The number of hydrogen-bond donors (Lipinski definition) is 1. The lowest BCUT2D eigenvalue weighted by Gasteiger charge is -2.29. The quantitative estimate of drug-likeness (QED) is 0.920. The van der Waals surface area contributed by atoms with Gasteiger partial charge in [-0.3, -0.25) is 4.90 Å². The Hall–Kier alpha value is -1.27. The number of benzene rings is 1.